The van der Waals surface area contributed by atoms with Gasteiger partial charge >= 0.3 is 11.7 Å². The molecule has 0 atom stereocenters. The first-order chi connectivity index (χ1) is 15.2. The minimum Gasteiger partial charge on any atom is -0.477 e. The van der Waals surface area contributed by atoms with E-state index < -0.39 is 60.4 Å². The minimum absolute atomic E-state index is 0.000594. The number of carbonyl (C=O) groups is 1. The number of aromatic amines is 2. The number of anilines is 4. The monoisotopic (exact) mass is 509 g/mol. The van der Waals surface area contributed by atoms with Crippen LogP contribution in [0.5, 0.6) is 0 Å². The number of nitrogens with zero attached hydrogens (tertiary/aromatic N) is 3. The first kappa shape index (κ1) is 25.6. The number of carboxylic acids is 1. The Morgan fingerprint density at radius 1 is 0.939 bits per heavy atom. The number of hydrogen-bond acceptors (Lipinski definition) is 13. The Hall–Kier alpha value is -3.62. The van der Waals surface area contributed by atoms with Gasteiger partial charge in [-0.25, -0.2) is 22.7 Å². The van der Waals surface area contributed by atoms with Gasteiger partial charge in [-0.05, 0) is 0 Å². The molecular weight excluding hydrogens is 490 g/mol. The summed E-state index contributed by atoms with van der Waals surface area (Å²) in [7, 11) is -7.75. The number of sulfonamides is 1. The molecule has 0 radical (unpaired) electrons. The highest BCUT2D eigenvalue weighted by atomic mass is 32.2. The number of aromatic nitrogens is 5. The van der Waals surface area contributed by atoms with Crippen LogP contribution in [0, 0.1) is 0 Å². The molecule has 0 amide bonds. The van der Waals surface area contributed by atoms with Crippen molar-refractivity contribution in [2.75, 3.05) is 47.6 Å². The van der Waals surface area contributed by atoms with Crippen molar-refractivity contribution in [3.05, 3.63) is 26.5 Å². The first-order valence-corrected chi connectivity index (χ1v) is 12.2. The molecule has 0 aromatic carbocycles. The zero-order valence-electron chi connectivity index (χ0n) is 16.7. The molecule has 0 aliphatic carbocycles. The maximum atomic E-state index is 12.1. The lowest BCUT2D eigenvalue weighted by molar-refractivity contribution is 0.0691. The average Bonchev–Trinajstić information content (AvgIpc) is 2.65. The van der Waals surface area contributed by atoms with Crippen molar-refractivity contribution >= 4 is 49.6 Å². The molecule has 18 nitrogen and oxygen atoms in total. The standard InChI is InChI=1S/C13H19N9O9S2/c1-32(27,28)16-3-2-14-10-20-11(15-4-5-33(29,30)31)22-12(21-10)17-6-7(9(24)25)18-13(26)19-8(6)23/h16H,2-5H2,1H3,(H,24,25)(H,29,30,31)(H2,18,19,23,26)(H3,14,15,17,20,21,22). The van der Waals surface area contributed by atoms with Crippen molar-refractivity contribution in [2.45, 2.75) is 0 Å². The Bertz CT molecular complexity index is 1350. The second-order valence-electron chi connectivity index (χ2n) is 6.20. The number of aromatic carboxylic acids is 1. The van der Waals surface area contributed by atoms with Gasteiger partial charge in [-0.15, -0.1) is 0 Å². The molecule has 2 heterocycles. The molecule has 0 saturated heterocycles. The summed E-state index contributed by atoms with van der Waals surface area (Å²) >= 11 is 0. The highest BCUT2D eigenvalue weighted by molar-refractivity contribution is 7.88. The summed E-state index contributed by atoms with van der Waals surface area (Å²) in [4.78, 5) is 50.3. The topological polar surface area (TPSA) is 278 Å². The zero-order valence-corrected chi connectivity index (χ0v) is 18.4. The number of hydrogen-bond donors (Lipinski definition) is 8. The summed E-state index contributed by atoms with van der Waals surface area (Å²) < 4.78 is 55.0. The molecule has 0 aliphatic rings. The second kappa shape index (κ2) is 10.3. The molecule has 33 heavy (non-hydrogen) atoms. The second-order valence-corrected chi connectivity index (χ2v) is 9.61. The van der Waals surface area contributed by atoms with Crippen LogP contribution in [0.4, 0.5) is 23.5 Å². The highest BCUT2D eigenvalue weighted by Crippen LogP contribution is 2.15. The van der Waals surface area contributed by atoms with Gasteiger partial charge in [0.05, 0.1) is 12.0 Å². The van der Waals surface area contributed by atoms with Gasteiger partial charge in [0.2, 0.25) is 27.9 Å². The molecule has 0 bridgehead atoms. The summed E-state index contributed by atoms with van der Waals surface area (Å²) in [5.74, 6) is -3.13. The van der Waals surface area contributed by atoms with Crippen LogP contribution in [0.25, 0.3) is 0 Å². The van der Waals surface area contributed by atoms with Crippen molar-refractivity contribution in [1.82, 2.24) is 29.6 Å². The van der Waals surface area contributed by atoms with E-state index in [0.29, 0.717) is 0 Å². The quantitative estimate of drug-likeness (QED) is 0.104. The zero-order chi connectivity index (χ0) is 24.8. The lowest BCUT2D eigenvalue weighted by Crippen LogP contribution is -2.29. The summed E-state index contributed by atoms with van der Waals surface area (Å²) in [6.45, 7) is -0.376. The fraction of sp³-hybridized carbons (Fsp3) is 0.385. The van der Waals surface area contributed by atoms with Crippen LogP contribution in [-0.2, 0) is 20.1 Å². The number of rotatable bonds is 12. The molecule has 182 valence electrons. The van der Waals surface area contributed by atoms with Gasteiger partial charge in [0.15, 0.2) is 5.69 Å². The van der Waals surface area contributed by atoms with Gasteiger partial charge in [0.1, 0.15) is 5.69 Å². The van der Waals surface area contributed by atoms with E-state index in [0.717, 1.165) is 6.26 Å². The van der Waals surface area contributed by atoms with Gasteiger partial charge < -0.3 is 21.1 Å². The lowest BCUT2D eigenvalue weighted by atomic mass is 10.3. The first-order valence-electron chi connectivity index (χ1n) is 8.74. The van der Waals surface area contributed by atoms with Crippen molar-refractivity contribution in [2.24, 2.45) is 0 Å². The number of carboxylic acid groups (broad SMARTS) is 1. The normalized spacial score (nSPS) is 11.7. The third-order valence-corrected chi connectivity index (χ3v) is 4.89. The van der Waals surface area contributed by atoms with Crippen molar-refractivity contribution in [1.29, 1.82) is 0 Å². The third kappa shape index (κ3) is 8.80. The molecule has 0 aliphatic heterocycles. The van der Waals surface area contributed by atoms with E-state index in [1.165, 1.54) is 0 Å². The van der Waals surface area contributed by atoms with Crippen LogP contribution in [-0.4, -0.2) is 89.0 Å². The van der Waals surface area contributed by atoms with Crippen LogP contribution in [0.3, 0.4) is 0 Å². The van der Waals surface area contributed by atoms with Crippen LogP contribution in [0.2, 0.25) is 0 Å². The van der Waals surface area contributed by atoms with Gasteiger partial charge in [0, 0.05) is 19.6 Å². The molecule has 0 spiro atoms. The van der Waals surface area contributed by atoms with Crippen LogP contribution >= 0.6 is 0 Å². The van der Waals surface area contributed by atoms with Crippen LogP contribution in [0.15, 0.2) is 9.59 Å². The maximum absolute atomic E-state index is 12.1. The van der Waals surface area contributed by atoms with E-state index >= 15 is 0 Å². The summed E-state index contributed by atoms with van der Waals surface area (Å²) in [6, 6.07) is 0. The van der Waals surface area contributed by atoms with E-state index in [1.807, 2.05) is 9.97 Å². The predicted molar refractivity (Wildman–Crippen MR) is 114 cm³/mol. The minimum atomic E-state index is -4.29. The Balaban J connectivity index is 2.34. The third-order valence-electron chi connectivity index (χ3n) is 3.44. The fourth-order valence-electron chi connectivity index (χ4n) is 2.17. The van der Waals surface area contributed by atoms with E-state index in [4.69, 9.17) is 4.55 Å². The Labute approximate surface area is 185 Å². The smallest absolute Gasteiger partial charge is 0.354 e. The summed E-state index contributed by atoms with van der Waals surface area (Å²) in [5, 5.41) is 16.7. The molecule has 20 heteroatoms. The van der Waals surface area contributed by atoms with Gasteiger partial charge in [-0.1, -0.05) is 0 Å². The molecular formula is C13H19N9O9S2. The van der Waals surface area contributed by atoms with E-state index in [2.05, 4.69) is 35.6 Å². The average molecular weight is 509 g/mol. The molecule has 8 N–H and O–H groups in total. The summed E-state index contributed by atoms with van der Waals surface area (Å²) in [6.07, 6.45) is 0.955. The van der Waals surface area contributed by atoms with Gasteiger partial charge in [0.25, 0.3) is 15.7 Å². The van der Waals surface area contributed by atoms with Gasteiger partial charge in [-0.2, -0.15) is 23.4 Å². The highest BCUT2D eigenvalue weighted by Gasteiger charge is 2.18. The molecule has 0 saturated carbocycles. The molecule has 0 fully saturated rings. The van der Waals surface area contributed by atoms with Crippen molar-refractivity contribution in [3.8, 4) is 0 Å². The predicted octanol–water partition coefficient (Wildman–Crippen LogP) is -3.05. The van der Waals surface area contributed by atoms with Crippen molar-refractivity contribution < 1.29 is 31.3 Å². The molecule has 2 rings (SSSR count). The molecule has 0 unspecified atom stereocenters. The SMILES string of the molecule is CS(=O)(=O)NCCNc1nc(NCCS(=O)(=O)O)nc(Nc2c(C(=O)O)[nH]c(=O)[nH]c2=O)n1. The lowest BCUT2D eigenvalue weighted by Gasteiger charge is -2.11. The Morgan fingerprint density at radius 3 is 2.06 bits per heavy atom. The number of nitrogens with one attached hydrogen (secondary N) is 6. The largest absolute Gasteiger partial charge is 0.477 e. The molecule has 2 aromatic heterocycles. The van der Waals surface area contributed by atoms with E-state index in [9.17, 15) is 36.3 Å². The fourth-order valence-corrected chi connectivity index (χ4v) is 3.00. The molecule has 2 aromatic rings. The maximum Gasteiger partial charge on any atom is 0.354 e. The number of H-pyrrole nitrogens is 2. The van der Waals surface area contributed by atoms with E-state index in [1.54, 1.807) is 0 Å². The Morgan fingerprint density at radius 2 is 1.52 bits per heavy atom. The van der Waals surface area contributed by atoms with Crippen LogP contribution in [0.1, 0.15) is 10.5 Å². The summed E-state index contributed by atoms with van der Waals surface area (Å²) in [5.41, 5.74) is -3.55. The Kier molecular flexibility index (Phi) is 8.03. The van der Waals surface area contributed by atoms with E-state index in [-0.39, 0.29) is 31.5 Å². The van der Waals surface area contributed by atoms with Crippen molar-refractivity contribution in [3.63, 3.8) is 0 Å². The van der Waals surface area contributed by atoms with Gasteiger partial charge in [-0.3, -0.25) is 19.3 Å². The van der Waals surface area contributed by atoms with Crippen LogP contribution < -0.4 is 31.9 Å².